The van der Waals surface area contributed by atoms with E-state index < -0.39 is 37.5 Å². The number of hydrogen-bond donors (Lipinski definition) is 2. The monoisotopic (exact) mass is 420 g/mol. The van der Waals surface area contributed by atoms with Gasteiger partial charge in [-0.1, -0.05) is 42.5 Å². The Balaban J connectivity index is 1.88. The van der Waals surface area contributed by atoms with Crippen LogP contribution in [0.5, 0.6) is 5.75 Å². The number of halogens is 6. The highest BCUT2D eigenvalue weighted by molar-refractivity contribution is 5.78. The molecule has 10 heteroatoms. The van der Waals surface area contributed by atoms with Crippen molar-refractivity contribution in [2.24, 2.45) is 0 Å². The molecule has 0 aliphatic carbocycles. The predicted octanol–water partition coefficient (Wildman–Crippen LogP) is 4.14. The average Bonchev–Trinajstić information content (AvgIpc) is 2.64. The molecule has 1 amide bonds. The first-order chi connectivity index (χ1) is 13.5. The third kappa shape index (κ3) is 8.02. The molecular weight excluding hydrogens is 402 g/mol. The fraction of sp³-hybridized carbons (Fsp3) is 0.316. The number of benzene rings is 2. The Bertz CT molecular complexity index is 793. The number of rotatable bonds is 8. The second-order valence-electron chi connectivity index (χ2n) is 6.09. The van der Waals surface area contributed by atoms with E-state index in [4.69, 9.17) is 0 Å². The molecule has 29 heavy (non-hydrogen) atoms. The average molecular weight is 420 g/mol. The number of ether oxygens (including phenoxy) is 1. The summed E-state index contributed by atoms with van der Waals surface area (Å²) in [5.41, 5.74) is 0.413. The number of alkyl halides is 6. The Morgan fingerprint density at radius 3 is 2.28 bits per heavy atom. The van der Waals surface area contributed by atoms with Gasteiger partial charge < -0.3 is 10.1 Å². The van der Waals surface area contributed by atoms with E-state index in [1.165, 1.54) is 48.5 Å². The first-order valence-corrected chi connectivity index (χ1v) is 8.45. The van der Waals surface area contributed by atoms with Crippen molar-refractivity contribution in [1.82, 2.24) is 10.6 Å². The minimum Gasteiger partial charge on any atom is -0.484 e. The zero-order valence-electron chi connectivity index (χ0n) is 15.0. The standard InChI is InChI=1S/C19H18F6N2O2/c20-18(21,22)12-29-15-8-4-5-13(9-15)10-26-16(28)11-27-17(19(23,24)25)14-6-2-1-3-7-14/h1-9,17,27H,10-12H2,(H,26,28). The Kier molecular flexibility index (Phi) is 7.49. The van der Waals surface area contributed by atoms with Gasteiger partial charge in [0, 0.05) is 6.54 Å². The zero-order chi connectivity index (χ0) is 21.5. The SMILES string of the molecule is O=C(CNC(c1ccccc1)C(F)(F)F)NCc1cccc(OCC(F)(F)F)c1. The van der Waals surface area contributed by atoms with Crippen LogP contribution >= 0.6 is 0 Å². The van der Waals surface area contributed by atoms with E-state index in [-0.39, 0.29) is 17.9 Å². The number of carbonyl (C=O) groups excluding carboxylic acids is 1. The van der Waals surface area contributed by atoms with Crippen molar-refractivity contribution in [3.8, 4) is 5.75 Å². The summed E-state index contributed by atoms with van der Waals surface area (Å²) in [6.07, 6.45) is -9.07. The lowest BCUT2D eigenvalue weighted by molar-refractivity contribution is -0.158. The molecule has 2 aromatic carbocycles. The van der Waals surface area contributed by atoms with Crippen molar-refractivity contribution >= 4 is 5.91 Å². The zero-order valence-corrected chi connectivity index (χ0v) is 15.0. The van der Waals surface area contributed by atoms with Gasteiger partial charge in [-0.15, -0.1) is 0 Å². The summed E-state index contributed by atoms with van der Waals surface area (Å²) in [5, 5.41) is 4.58. The van der Waals surface area contributed by atoms with Crippen molar-refractivity contribution < 1.29 is 35.9 Å². The number of carbonyl (C=O) groups is 1. The minimum absolute atomic E-state index is 0.0256. The largest absolute Gasteiger partial charge is 0.484 e. The van der Waals surface area contributed by atoms with E-state index in [1.807, 2.05) is 0 Å². The Morgan fingerprint density at radius 1 is 0.966 bits per heavy atom. The van der Waals surface area contributed by atoms with Crippen molar-refractivity contribution in [2.75, 3.05) is 13.2 Å². The van der Waals surface area contributed by atoms with Gasteiger partial charge in [-0.2, -0.15) is 26.3 Å². The molecule has 0 spiro atoms. The normalized spacial score (nSPS) is 13.0. The van der Waals surface area contributed by atoms with Gasteiger partial charge in [0.25, 0.3) is 0 Å². The number of amides is 1. The number of nitrogens with one attached hydrogen (secondary N) is 2. The fourth-order valence-electron chi connectivity index (χ4n) is 2.44. The van der Waals surface area contributed by atoms with E-state index in [2.05, 4.69) is 15.4 Å². The summed E-state index contributed by atoms with van der Waals surface area (Å²) in [6.45, 7) is -2.12. The summed E-state index contributed by atoms with van der Waals surface area (Å²) < 4.78 is 80.8. The first-order valence-electron chi connectivity index (χ1n) is 8.45. The van der Waals surface area contributed by atoms with Gasteiger partial charge >= 0.3 is 12.4 Å². The highest BCUT2D eigenvalue weighted by Gasteiger charge is 2.40. The van der Waals surface area contributed by atoms with Crippen molar-refractivity contribution in [2.45, 2.75) is 24.9 Å². The Morgan fingerprint density at radius 2 is 1.66 bits per heavy atom. The van der Waals surface area contributed by atoms with E-state index in [9.17, 15) is 31.1 Å². The minimum atomic E-state index is -4.59. The molecule has 0 aliphatic rings. The summed E-state index contributed by atoms with van der Waals surface area (Å²) in [7, 11) is 0. The van der Waals surface area contributed by atoms with Gasteiger partial charge in [0.15, 0.2) is 6.61 Å². The third-order valence-corrected chi connectivity index (χ3v) is 3.72. The molecule has 0 aromatic heterocycles. The van der Waals surface area contributed by atoms with Crippen molar-refractivity contribution in [3.05, 3.63) is 65.7 Å². The van der Waals surface area contributed by atoms with Gasteiger partial charge in [0.2, 0.25) is 5.91 Å². The van der Waals surface area contributed by atoms with Gasteiger partial charge in [0.1, 0.15) is 11.8 Å². The molecule has 1 unspecified atom stereocenters. The molecule has 2 aromatic rings. The second-order valence-corrected chi connectivity index (χ2v) is 6.09. The summed E-state index contributed by atoms with van der Waals surface area (Å²) >= 11 is 0. The van der Waals surface area contributed by atoms with Crippen LogP contribution in [-0.4, -0.2) is 31.4 Å². The molecule has 0 aliphatic heterocycles. The first kappa shape index (κ1) is 22.5. The van der Waals surface area contributed by atoms with Crippen LogP contribution in [0.3, 0.4) is 0 Å². The molecule has 0 saturated heterocycles. The second kappa shape index (κ2) is 9.64. The van der Waals surface area contributed by atoms with E-state index in [0.717, 1.165) is 0 Å². The maximum Gasteiger partial charge on any atom is 0.422 e. The van der Waals surface area contributed by atoms with Crippen LogP contribution in [0, 0.1) is 0 Å². The third-order valence-electron chi connectivity index (χ3n) is 3.72. The molecule has 0 saturated carbocycles. The molecule has 0 fully saturated rings. The molecule has 2 N–H and O–H groups in total. The van der Waals surface area contributed by atoms with Crippen LogP contribution in [0.1, 0.15) is 17.2 Å². The van der Waals surface area contributed by atoms with E-state index >= 15 is 0 Å². The summed E-state index contributed by atoms with van der Waals surface area (Å²) in [4.78, 5) is 11.9. The van der Waals surface area contributed by atoms with Crippen LogP contribution in [0.25, 0.3) is 0 Å². The van der Waals surface area contributed by atoms with Gasteiger partial charge in [-0.3, -0.25) is 10.1 Å². The van der Waals surface area contributed by atoms with Crippen LogP contribution in [-0.2, 0) is 11.3 Å². The van der Waals surface area contributed by atoms with Crippen molar-refractivity contribution in [3.63, 3.8) is 0 Å². The van der Waals surface area contributed by atoms with E-state index in [0.29, 0.717) is 5.56 Å². The van der Waals surface area contributed by atoms with E-state index in [1.54, 1.807) is 6.07 Å². The topological polar surface area (TPSA) is 50.4 Å². The van der Waals surface area contributed by atoms with Crippen LogP contribution in [0.2, 0.25) is 0 Å². The molecule has 1 atom stereocenters. The van der Waals surface area contributed by atoms with Crippen LogP contribution < -0.4 is 15.4 Å². The molecule has 2 rings (SSSR count). The highest BCUT2D eigenvalue weighted by Crippen LogP contribution is 2.32. The maximum atomic E-state index is 13.2. The smallest absolute Gasteiger partial charge is 0.422 e. The number of hydrogen-bond acceptors (Lipinski definition) is 3. The fourth-order valence-corrected chi connectivity index (χ4v) is 2.44. The Labute approximate surface area is 162 Å². The lowest BCUT2D eigenvalue weighted by Crippen LogP contribution is -2.40. The van der Waals surface area contributed by atoms with Gasteiger partial charge in [-0.05, 0) is 23.3 Å². The molecule has 158 valence electrons. The summed E-state index contributed by atoms with van der Waals surface area (Å²) in [6, 6.07) is 10.7. The highest BCUT2D eigenvalue weighted by atomic mass is 19.4. The summed E-state index contributed by atoms with van der Waals surface area (Å²) in [5.74, 6) is -0.731. The van der Waals surface area contributed by atoms with Gasteiger partial charge in [0.05, 0.1) is 6.54 Å². The van der Waals surface area contributed by atoms with Gasteiger partial charge in [-0.25, -0.2) is 0 Å². The maximum absolute atomic E-state index is 13.2. The molecule has 4 nitrogen and oxygen atoms in total. The van der Waals surface area contributed by atoms with Crippen molar-refractivity contribution in [1.29, 1.82) is 0 Å². The lowest BCUT2D eigenvalue weighted by atomic mass is 10.1. The molecular formula is C19H18F6N2O2. The predicted molar refractivity (Wildman–Crippen MR) is 93.1 cm³/mol. The molecule has 0 bridgehead atoms. The van der Waals surface area contributed by atoms with Crippen LogP contribution in [0.15, 0.2) is 54.6 Å². The van der Waals surface area contributed by atoms with Crippen LogP contribution in [0.4, 0.5) is 26.3 Å². The lowest BCUT2D eigenvalue weighted by Gasteiger charge is -2.22. The molecule has 0 radical (unpaired) electrons. The Hall–Kier alpha value is -2.75. The molecule has 0 heterocycles. The quantitative estimate of drug-likeness (QED) is 0.632.